The fourth-order valence-electron chi connectivity index (χ4n) is 1.84. The second-order valence-electron chi connectivity index (χ2n) is 4.82. The highest BCUT2D eigenvalue weighted by atomic mass is 32.2. The molecule has 1 saturated carbocycles. The highest BCUT2D eigenvalue weighted by molar-refractivity contribution is 8.14. The predicted molar refractivity (Wildman–Crippen MR) is 80.5 cm³/mol. The lowest BCUT2D eigenvalue weighted by Gasteiger charge is -2.13. The molecule has 1 aromatic carbocycles. The summed E-state index contributed by atoms with van der Waals surface area (Å²) in [4.78, 5) is 16.3. The molecule has 0 amide bonds. The van der Waals surface area contributed by atoms with E-state index in [0.29, 0.717) is 18.5 Å². The summed E-state index contributed by atoms with van der Waals surface area (Å²) in [5, 5.41) is 9.38. The molecule has 2 rings (SSSR count). The van der Waals surface area contributed by atoms with Gasteiger partial charge in [0.15, 0.2) is 5.78 Å². The van der Waals surface area contributed by atoms with Crippen molar-refractivity contribution in [1.82, 2.24) is 0 Å². The Hall–Kier alpha value is -1.76. The van der Waals surface area contributed by atoms with Gasteiger partial charge in [-0.25, -0.2) is 4.99 Å². The third kappa shape index (κ3) is 3.91. The number of nitrogens with zero attached hydrogens (tertiary/aromatic N) is 1. The summed E-state index contributed by atoms with van der Waals surface area (Å²) in [7, 11) is 0. The molecule has 0 bridgehead atoms. The number of carbonyl (C=O) groups is 1. The number of hydrogen-bond donors (Lipinski definition) is 1. The van der Waals surface area contributed by atoms with Gasteiger partial charge in [-0.15, -0.1) is 11.8 Å². The third-order valence-corrected chi connectivity index (χ3v) is 3.78. The van der Waals surface area contributed by atoms with Gasteiger partial charge in [0.25, 0.3) is 0 Å². The van der Waals surface area contributed by atoms with Gasteiger partial charge in [0.2, 0.25) is 5.76 Å². The zero-order valence-electron chi connectivity index (χ0n) is 11.7. The van der Waals surface area contributed by atoms with Crippen molar-refractivity contribution >= 4 is 28.3 Å². The molecular formula is C15H14F3NO2S. The highest BCUT2D eigenvalue weighted by Crippen LogP contribution is 2.37. The molecule has 1 fully saturated rings. The topological polar surface area (TPSA) is 49.7 Å². The van der Waals surface area contributed by atoms with Crippen LogP contribution >= 0.6 is 11.8 Å². The van der Waals surface area contributed by atoms with Crippen molar-refractivity contribution in [1.29, 1.82) is 0 Å². The second-order valence-corrected chi connectivity index (χ2v) is 5.61. The third-order valence-electron chi connectivity index (χ3n) is 3.09. The largest absolute Gasteiger partial charge is 0.504 e. The molecule has 0 aliphatic heterocycles. The molecule has 0 atom stereocenters. The SMILES string of the molecule is CSC(=Nc1ccccc1)/C(C(=O)C1CC1)=C(\O)C(F)(F)F. The van der Waals surface area contributed by atoms with Gasteiger partial charge in [0.1, 0.15) is 5.04 Å². The first kappa shape index (κ1) is 16.6. The van der Waals surface area contributed by atoms with E-state index in [2.05, 4.69) is 4.99 Å². The molecule has 0 spiro atoms. The molecule has 0 radical (unpaired) electrons. The van der Waals surface area contributed by atoms with Crippen LogP contribution < -0.4 is 0 Å². The Morgan fingerprint density at radius 3 is 2.32 bits per heavy atom. The van der Waals surface area contributed by atoms with Crippen LogP contribution in [0.15, 0.2) is 46.7 Å². The summed E-state index contributed by atoms with van der Waals surface area (Å²) in [6.07, 6.45) is -2.38. The van der Waals surface area contributed by atoms with Gasteiger partial charge in [-0.2, -0.15) is 13.2 Å². The van der Waals surface area contributed by atoms with E-state index in [9.17, 15) is 23.1 Å². The minimum atomic E-state index is -4.98. The number of thioether (sulfide) groups is 1. The number of rotatable bonds is 4. The number of halogens is 3. The maximum absolute atomic E-state index is 12.9. The smallest absolute Gasteiger partial charge is 0.449 e. The lowest BCUT2D eigenvalue weighted by molar-refractivity contribution is -0.126. The summed E-state index contributed by atoms with van der Waals surface area (Å²) in [5.74, 6) is -3.01. The molecule has 0 saturated heterocycles. The molecule has 118 valence electrons. The number of hydrogen-bond acceptors (Lipinski definition) is 4. The monoisotopic (exact) mass is 329 g/mol. The molecule has 1 aliphatic rings. The van der Waals surface area contributed by atoms with Gasteiger partial charge in [-0.3, -0.25) is 4.79 Å². The molecule has 0 heterocycles. The molecular weight excluding hydrogens is 315 g/mol. The normalized spacial score (nSPS) is 17.2. The molecule has 1 aromatic rings. The zero-order valence-corrected chi connectivity index (χ0v) is 12.5. The quantitative estimate of drug-likeness (QED) is 0.385. The summed E-state index contributed by atoms with van der Waals surface area (Å²) in [5.41, 5.74) is -0.311. The Kier molecular flexibility index (Phi) is 4.95. The average molecular weight is 329 g/mol. The van der Waals surface area contributed by atoms with Crippen molar-refractivity contribution < 1.29 is 23.1 Å². The number of allylic oxidation sites excluding steroid dienone is 1. The van der Waals surface area contributed by atoms with Gasteiger partial charge in [0, 0.05) is 5.92 Å². The van der Waals surface area contributed by atoms with Crippen LogP contribution in [0.5, 0.6) is 0 Å². The predicted octanol–water partition coefficient (Wildman–Crippen LogP) is 4.43. The Morgan fingerprint density at radius 1 is 1.27 bits per heavy atom. The van der Waals surface area contributed by atoms with Crippen molar-refractivity contribution in [3.63, 3.8) is 0 Å². The first-order valence-corrected chi connectivity index (χ1v) is 7.79. The number of alkyl halides is 3. The Balaban J connectivity index is 2.51. The summed E-state index contributed by atoms with van der Waals surface area (Å²) in [6, 6.07) is 8.34. The number of aliphatic hydroxyl groups excluding tert-OH is 1. The van der Waals surface area contributed by atoms with Gasteiger partial charge >= 0.3 is 6.18 Å². The van der Waals surface area contributed by atoms with Crippen molar-refractivity contribution in [2.45, 2.75) is 19.0 Å². The van der Waals surface area contributed by atoms with Crippen LogP contribution in [0.25, 0.3) is 0 Å². The Bertz CT molecular complexity index is 619. The van der Waals surface area contributed by atoms with Crippen LogP contribution in [-0.2, 0) is 4.79 Å². The van der Waals surface area contributed by atoms with Crippen molar-refractivity contribution in [3.05, 3.63) is 41.7 Å². The van der Waals surface area contributed by atoms with Crippen LogP contribution in [0.3, 0.4) is 0 Å². The van der Waals surface area contributed by atoms with Crippen LogP contribution in [-0.4, -0.2) is 28.4 Å². The Labute approximate surface area is 129 Å². The second kappa shape index (κ2) is 6.56. The van der Waals surface area contributed by atoms with Crippen molar-refractivity contribution in [3.8, 4) is 0 Å². The first-order valence-electron chi connectivity index (χ1n) is 6.57. The minimum Gasteiger partial charge on any atom is -0.504 e. The number of carbonyl (C=O) groups excluding carboxylic acids is 1. The molecule has 22 heavy (non-hydrogen) atoms. The van der Waals surface area contributed by atoms with E-state index in [1.165, 1.54) is 6.26 Å². The fourth-order valence-corrected chi connectivity index (χ4v) is 2.44. The number of Topliss-reactive ketones (excluding diaryl/α,β-unsaturated/α-hetero) is 1. The highest BCUT2D eigenvalue weighted by Gasteiger charge is 2.43. The van der Waals surface area contributed by atoms with Crippen LogP contribution in [0, 0.1) is 5.92 Å². The van der Waals surface area contributed by atoms with Crippen LogP contribution in [0.1, 0.15) is 12.8 Å². The lowest BCUT2D eigenvalue weighted by Crippen LogP contribution is -2.22. The molecule has 7 heteroatoms. The van der Waals surface area contributed by atoms with Crippen LogP contribution in [0.4, 0.5) is 18.9 Å². The maximum atomic E-state index is 12.9. The molecule has 1 N–H and O–H groups in total. The summed E-state index contributed by atoms with van der Waals surface area (Å²) in [6.45, 7) is 0. The molecule has 0 aromatic heterocycles. The molecule has 3 nitrogen and oxygen atoms in total. The Morgan fingerprint density at radius 2 is 1.86 bits per heavy atom. The van der Waals surface area contributed by atoms with Gasteiger partial charge in [-0.1, -0.05) is 18.2 Å². The van der Waals surface area contributed by atoms with Gasteiger partial charge in [0.05, 0.1) is 11.3 Å². The van der Waals surface area contributed by atoms with E-state index < -0.39 is 29.2 Å². The van der Waals surface area contributed by atoms with E-state index >= 15 is 0 Å². The van der Waals surface area contributed by atoms with E-state index in [4.69, 9.17) is 0 Å². The maximum Gasteiger partial charge on any atom is 0.449 e. The molecule has 1 aliphatic carbocycles. The van der Waals surface area contributed by atoms with Crippen LogP contribution in [0.2, 0.25) is 0 Å². The van der Waals surface area contributed by atoms with E-state index in [0.717, 1.165) is 11.8 Å². The summed E-state index contributed by atoms with van der Waals surface area (Å²) < 4.78 is 38.6. The standard InChI is InChI=1S/C15H14F3NO2S/c1-22-14(19-10-5-3-2-4-6-10)11(12(20)9-7-8-9)13(21)15(16,17)18/h2-6,9,21H,7-8H2,1H3/b13-11-,19-14?. The van der Waals surface area contributed by atoms with Crippen molar-refractivity contribution in [2.24, 2.45) is 10.9 Å². The minimum absolute atomic E-state index is 0.127. The van der Waals surface area contributed by atoms with E-state index in [-0.39, 0.29) is 5.04 Å². The number of benzene rings is 1. The zero-order chi connectivity index (χ0) is 16.3. The number of aliphatic imine (C=N–C) groups is 1. The van der Waals surface area contributed by atoms with E-state index in [1.807, 2.05) is 0 Å². The molecule has 0 unspecified atom stereocenters. The van der Waals surface area contributed by atoms with E-state index in [1.54, 1.807) is 30.3 Å². The number of ketones is 1. The lowest BCUT2D eigenvalue weighted by atomic mass is 10.1. The van der Waals surface area contributed by atoms with Crippen molar-refractivity contribution in [2.75, 3.05) is 6.26 Å². The summed E-state index contributed by atoms with van der Waals surface area (Å²) >= 11 is 0.902. The fraction of sp³-hybridized carbons (Fsp3) is 0.333. The van der Waals surface area contributed by atoms with Gasteiger partial charge in [-0.05, 0) is 31.2 Å². The first-order chi connectivity index (χ1) is 10.3. The number of aliphatic hydroxyl groups is 1. The average Bonchev–Trinajstić information content (AvgIpc) is 3.30. The van der Waals surface area contributed by atoms with Gasteiger partial charge < -0.3 is 5.11 Å². The number of para-hydroxylation sites is 1.